The molecule has 5 nitrogen and oxygen atoms in total. The Morgan fingerprint density at radius 2 is 2.40 bits per heavy atom. The maximum Gasteiger partial charge on any atom is 0.241 e. The van der Waals surface area contributed by atoms with Gasteiger partial charge in [0, 0.05) is 6.20 Å². The summed E-state index contributed by atoms with van der Waals surface area (Å²) < 4.78 is 5.42. The Kier molecular flexibility index (Phi) is 5.35. The van der Waals surface area contributed by atoms with Crippen molar-refractivity contribution in [2.24, 2.45) is 5.92 Å². The first-order valence-corrected chi connectivity index (χ1v) is 7.36. The molecule has 110 valence electrons. The lowest BCUT2D eigenvalue weighted by Gasteiger charge is -2.28. The van der Waals surface area contributed by atoms with Gasteiger partial charge in [-0.3, -0.25) is 4.79 Å². The van der Waals surface area contributed by atoms with Gasteiger partial charge in [0.15, 0.2) is 0 Å². The number of piperidine rings is 1. The van der Waals surface area contributed by atoms with E-state index in [-0.39, 0.29) is 11.9 Å². The molecule has 0 saturated carbocycles. The first-order chi connectivity index (χ1) is 9.74. The summed E-state index contributed by atoms with van der Waals surface area (Å²) in [6.45, 7) is 5.51. The number of nitrogens with one attached hydrogen (secondary N) is 2. The molecule has 1 saturated heterocycles. The molecule has 1 aromatic rings. The van der Waals surface area contributed by atoms with Crippen molar-refractivity contribution in [1.29, 1.82) is 0 Å². The van der Waals surface area contributed by atoms with E-state index >= 15 is 0 Å². The molecule has 20 heavy (non-hydrogen) atoms. The van der Waals surface area contributed by atoms with Crippen LogP contribution in [0.15, 0.2) is 18.3 Å². The van der Waals surface area contributed by atoms with Crippen LogP contribution in [0, 0.1) is 5.92 Å². The Labute approximate surface area is 120 Å². The van der Waals surface area contributed by atoms with Crippen LogP contribution in [0.2, 0.25) is 0 Å². The Morgan fingerprint density at radius 3 is 3.15 bits per heavy atom. The van der Waals surface area contributed by atoms with Gasteiger partial charge in [0.2, 0.25) is 11.8 Å². The van der Waals surface area contributed by atoms with Gasteiger partial charge in [0.25, 0.3) is 0 Å². The fourth-order valence-corrected chi connectivity index (χ4v) is 2.52. The number of carbonyl (C=O) groups is 1. The molecular weight excluding hydrogens is 254 g/mol. The molecule has 5 heteroatoms. The largest absolute Gasteiger partial charge is 0.476 e. The number of pyridine rings is 1. The molecule has 2 N–H and O–H groups in total. The average Bonchev–Trinajstić information content (AvgIpc) is 2.49. The van der Waals surface area contributed by atoms with E-state index in [4.69, 9.17) is 4.74 Å². The second kappa shape index (κ2) is 7.24. The van der Waals surface area contributed by atoms with Gasteiger partial charge >= 0.3 is 0 Å². The lowest BCUT2D eigenvalue weighted by atomic mass is 9.90. The zero-order valence-electron chi connectivity index (χ0n) is 12.2. The third-order valence-electron chi connectivity index (χ3n) is 3.72. The number of amides is 1. The fourth-order valence-electron chi connectivity index (χ4n) is 2.52. The number of rotatable bonds is 5. The highest BCUT2D eigenvalue weighted by atomic mass is 16.5. The van der Waals surface area contributed by atoms with Crippen LogP contribution in [0.4, 0.5) is 5.69 Å². The number of hydrogen-bond donors (Lipinski definition) is 2. The molecule has 0 spiro atoms. The van der Waals surface area contributed by atoms with E-state index in [9.17, 15) is 4.79 Å². The minimum Gasteiger partial charge on any atom is -0.476 e. The van der Waals surface area contributed by atoms with E-state index in [0.29, 0.717) is 24.1 Å². The Balaban J connectivity index is 2.00. The van der Waals surface area contributed by atoms with Gasteiger partial charge in [-0.05, 0) is 44.4 Å². The van der Waals surface area contributed by atoms with Crippen molar-refractivity contribution in [3.8, 4) is 5.88 Å². The summed E-state index contributed by atoms with van der Waals surface area (Å²) in [6, 6.07) is 3.49. The molecule has 2 unspecified atom stereocenters. The number of hydrogen-bond acceptors (Lipinski definition) is 4. The normalized spacial score (nSPS) is 22.3. The van der Waals surface area contributed by atoms with Crippen LogP contribution in [0.1, 0.15) is 33.1 Å². The molecular formula is C15H23N3O2. The van der Waals surface area contributed by atoms with Gasteiger partial charge in [-0.25, -0.2) is 4.98 Å². The molecule has 2 heterocycles. The zero-order valence-corrected chi connectivity index (χ0v) is 12.2. The number of carbonyl (C=O) groups excluding carboxylic acids is 1. The lowest BCUT2D eigenvalue weighted by molar-refractivity contribution is -0.119. The summed E-state index contributed by atoms with van der Waals surface area (Å²) in [5.41, 5.74) is 0.639. The van der Waals surface area contributed by atoms with Crippen molar-refractivity contribution >= 4 is 11.6 Å². The van der Waals surface area contributed by atoms with E-state index < -0.39 is 0 Å². The van der Waals surface area contributed by atoms with E-state index in [2.05, 4.69) is 22.5 Å². The average molecular weight is 277 g/mol. The summed E-state index contributed by atoms with van der Waals surface area (Å²) in [7, 11) is 0. The van der Waals surface area contributed by atoms with Gasteiger partial charge < -0.3 is 15.4 Å². The van der Waals surface area contributed by atoms with Crippen LogP contribution in [0.25, 0.3) is 0 Å². The molecule has 1 aliphatic heterocycles. The van der Waals surface area contributed by atoms with Crippen LogP contribution in [0.5, 0.6) is 5.88 Å². The van der Waals surface area contributed by atoms with E-state index in [1.54, 1.807) is 12.3 Å². The monoisotopic (exact) mass is 277 g/mol. The van der Waals surface area contributed by atoms with Crippen molar-refractivity contribution in [3.05, 3.63) is 18.3 Å². The van der Waals surface area contributed by atoms with Crippen LogP contribution < -0.4 is 15.4 Å². The van der Waals surface area contributed by atoms with Crippen LogP contribution in [-0.4, -0.2) is 30.1 Å². The highest BCUT2D eigenvalue weighted by molar-refractivity contribution is 5.95. The summed E-state index contributed by atoms with van der Waals surface area (Å²) in [6.07, 6.45) is 4.83. The lowest BCUT2D eigenvalue weighted by Crippen LogP contribution is -2.46. The maximum atomic E-state index is 12.3. The standard InChI is InChI=1S/C15H23N3O2/c1-3-11-7-9-16-13(10-11)14(19)18-12-6-5-8-17-15(12)20-4-2/h5-6,8,11,13,16H,3-4,7,9-10H2,1-2H3,(H,18,19). The molecule has 1 aliphatic rings. The molecule has 0 bridgehead atoms. The predicted octanol–water partition coefficient (Wildman–Crippen LogP) is 2.20. The van der Waals surface area contributed by atoms with Crippen molar-refractivity contribution in [2.75, 3.05) is 18.5 Å². The van der Waals surface area contributed by atoms with E-state index in [1.807, 2.05) is 13.0 Å². The highest BCUT2D eigenvalue weighted by Gasteiger charge is 2.26. The van der Waals surface area contributed by atoms with Crippen molar-refractivity contribution in [2.45, 2.75) is 39.2 Å². The molecule has 2 atom stereocenters. The Hall–Kier alpha value is -1.62. The third kappa shape index (κ3) is 3.70. The van der Waals surface area contributed by atoms with Gasteiger partial charge in [0.05, 0.1) is 12.6 Å². The van der Waals surface area contributed by atoms with Crippen molar-refractivity contribution in [1.82, 2.24) is 10.3 Å². The number of aromatic nitrogens is 1. The number of ether oxygens (including phenoxy) is 1. The molecule has 0 aromatic carbocycles. The van der Waals surface area contributed by atoms with Crippen LogP contribution >= 0.6 is 0 Å². The summed E-state index contributed by atoms with van der Waals surface area (Å²) in [4.78, 5) is 16.5. The molecule has 0 aliphatic carbocycles. The van der Waals surface area contributed by atoms with Crippen LogP contribution in [-0.2, 0) is 4.79 Å². The molecule has 1 aromatic heterocycles. The number of anilines is 1. The third-order valence-corrected chi connectivity index (χ3v) is 3.72. The summed E-state index contributed by atoms with van der Waals surface area (Å²) in [5.74, 6) is 1.11. The molecule has 1 fully saturated rings. The zero-order chi connectivity index (χ0) is 14.4. The molecule has 1 amide bonds. The fraction of sp³-hybridized carbons (Fsp3) is 0.600. The topological polar surface area (TPSA) is 63.2 Å². The molecule has 0 radical (unpaired) electrons. The second-order valence-corrected chi connectivity index (χ2v) is 5.08. The number of nitrogens with zero attached hydrogens (tertiary/aromatic N) is 1. The van der Waals surface area contributed by atoms with Crippen molar-refractivity contribution < 1.29 is 9.53 Å². The van der Waals surface area contributed by atoms with Gasteiger partial charge in [-0.2, -0.15) is 0 Å². The first-order valence-electron chi connectivity index (χ1n) is 7.36. The summed E-state index contributed by atoms with van der Waals surface area (Å²) in [5, 5.41) is 6.20. The molecule has 2 rings (SSSR count). The van der Waals surface area contributed by atoms with Gasteiger partial charge in [-0.15, -0.1) is 0 Å². The quantitative estimate of drug-likeness (QED) is 0.866. The first kappa shape index (κ1) is 14.8. The minimum absolute atomic E-state index is 0.00268. The van der Waals surface area contributed by atoms with Gasteiger partial charge in [-0.1, -0.05) is 13.3 Å². The van der Waals surface area contributed by atoms with Crippen LogP contribution in [0.3, 0.4) is 0 Å². The Bertz CT molecular complexity index is 450. The predicted molar refractivity (Wildman–Crippen MR) is 78.8 cm³/mol. The Morgan fingerprint density at radius 1 is 1.55 bits per heavy atom. The van der Waals surface area contributed by atoms with E-state index in [0.717, 1.165) is 25.8 Å². The van der Waals surface area contributed by atoms with Crippen molar-refractivity contribution in [3.63, 3.8) is 0 Å². The minimum atomic E-state index is -0.122. The van der Waals surface area contributed by atoms with E-state index in [1.165, 1.54) is 0 Å². The second-order valence-electron chi connectivity index (χ2n) is 5.08. The highest BCUT2D eigenvalue weighted by Crippen LogP contribution is 2.23. The van der Waals surface area contributed by atoms with Gasteiger partial charge in [0.1, 0.15) is 5.69 Å². The smallest absolute Gasteiger partial charge is 0.241 e. The SMILES string of the molecule is CCOc1ncccc1NC(=O)C1CC(CC)CCN1. The summed E-state index contributed by atoms with van der Waals surface area (Å²) >= 11 is 0. The maximum absolute atomic E-state index is 12.3.